The molecule has 3 heterocycles. The number of imidazole rings is 1. The Labute approximate surface area is 161 Å². The highest BCUT2D eigenvalue weighted by Crippen LogP contribution is 2.36. The average molecular weight is 395 g/mol. The zero-order chi connectivity index (χ0) is 19.1. The number of rotatable bonds is 4. The van der Waals surface area contributed by atoms with Crippen LogP contribution in [0.25, 0.3) is 16.7 Å². The number of hydrogen-bond donors (Lipinski definition) is 1. The topological polar surface area (TPSA) is 110 Å². The van der Waals surface area contributed by atoms with Crippen LogP contribution in [0.3, 0.4) is 0 Å². The Kier molecular flexibility index (Phi) is 3.95. The van der Waals surface area contributed by atoms with Gasteiger partial charge in [0.25, 0.3) is 0 Å². The van der Waals surface area contributed by atoms with Gasteiger partial charge in [-0.15, -0.1) is 5.10 Å². The Hall–Kier alpha value is -3.11. The van der Waals surface area contributed by atoms with E-state index in [1.807, 2.05) is 24.3 Å². The molecule has 1 unspecified atom stereocenters. The predicted molar refractivity (Wildman–Crippen MR) is 101 cm³/mol. The molecule has 9 nitrogen and oxygen atoms in total. The Morgan fingerprint density at radius 3 is 2.82 bits per heavy atom. The van der Waals surface area contributed by atoms with Gasteiger partial charge in [0.1, 0.15) is 12.2 Å². The molecule has 2 aromatic carbocycles. The molecule has 10 heteroatoms. The van der Waals surface area contributed by atoms with Gasteiger partial charge in [0.2, 0.25) is 10.0 Å². The summed E-state index contributed by atoms with van der Waals surface area (Å²) in [4.78, 5) is 8.11. The number of tetrazole rings is 1. The highest BCUT2D eigenvalue weighted by molar-refractivity contribution is 7.89. The van der Waals surface area contributed by atoms with Crippen LogP contribution >= 0.6 is 0 Å². The predicted octanol–water partition coefficient (Wildman–Crippen LogP) is 2.06. The van der Waals surface area contributed by atoms with Gasteiger partial charge < -0.3 is 4.98 Å². The quantitative estimate of drug-likeness (QED) is 0.566. The van der Waals surface area contributed by atoms with E-state index >= 15 is 0 Å². The Bertz CT molecular complexity index is 1200. The smallest absolute Gasteiger partial charge is 0.243 e. The van der Waals surface area contributed by atoms with Crippen molar-refractivity contribution in [2.24, 2.45) is 0 Å². The number of fused-ring (bicyclic) bond motifs is 1. The normalized spacial score (nSPS) is 18.1. The minimum Gasteiger partial charge on any atom is -0.341 e. The van der Waals surface area contributed by atoms with E-state index in [2.05, 4.69) is 25.5 Å². The molecule has 1 aliphatic rings. The molecule has 1 fully saturated rings. The van der Waals surface area contributed by atoms with E-state index in [9.17, 15) is 8.42 Å². The third-order valence-electron chi connectivity index (χ3n) is 4.96. The monoisotopic (exact) mass is 395 g/mol. The maximum absolute atomic E-state index is 13.4. The lowest BCUT2D eigenvalue weighted by Gasteiger charge is -2.22. The van der Waals surface area contributed by atoms with Crippen molar-refractivity contribution in [1.29, 1.82) is 0 Å². The number of nitrogens with zero attached hydrogens (tertiary/aromatic N) is 6. The number of para-hydroxylation sites is 2. The van der Waals surface area contributed by atoms with Crippen LogP contribution in [0.15, 0.2) is 59.8 Å². The van der Waals surface area contributed by atoms with Crippen LogP contribution in [-0.2, 0) is 10.0 Å². The fraction of sp³-hybridized carbons (Fsp3) is 0.222. The number of nitrogens with one attached hydrogen (secondary N) is 1. The zero-order valence-corrected chi connectivity index (χ0v) is 15.6. The summed E-state index contributed by atoms with van der Waals surface area (Å²) in [6.07, 6.45) is 2.94. The van der Waals surface area contributed by atoms with Gasteiger partial charge in [-0.05, 0) is 53.6 Å². The molecule has 2 aromatic heterocycles. The first-order valence-corrected chi connectivity index (χ1v) is 10.4. The second-order valence-corrected chi connectivity index (χ2v) is 8.56. The van der Waals surface area contributed by atoms with Crippen LogP contribution in [0.2, 0.25) is 0 Å². The molecule has 0 radical (unpaired) electrons. The highest BCUT2D eigenvalue weighted by Gasteiger charge is 2.38. The third-order valence-corrected chi connectivity index (χ3v) is 6.87. The van der Waals surface area contributed by atoms with Gasteiger partial charge >= 0.3 is 0 Å². The van der Waals surface area contributed by atoms with E-state index in [1.54, 1.807) is 24.3 Å². The first kappa shape index (κ1) is 17.0. The van der Waals surface area contributed by atoms with Gasteiger partial charge in [0.15, 0.2) is 0 Å². The van der Waals surface area contributed by atoms with Crippen molar-refractivity contribution < 1.29 is 8.42 Å². The van der Waals surface area contributed by atoms with Gasteiger partial charge in [-0.1, -0.05) is 18.2 Å². The van der Waals surface area contributed by atoms with Crippen LogP contribution in [0, 0.1) is 0 Å². The summed E-state index contributed by atoms with van der Waals surface area (Å²) in [5, 5.41) is 11.0. The maximum atomic E-state index is 13.4. The van der Waals surface area contributed by atoms with E-state index in [0.717, 1.165) is 23.9 Å². The summed E-state index contributed by atoms with van der Waals surface area (Å²) in [6, 6.07) is 14.0. The number of aromatic amines is 1. The molecule has 142 valence electrons. The van der Waals surface area contributed by atoms with Crippen molar-refractivity contribution in [3.05, 3.63) is 60.7 Å². The van der Waals surface area contributed by atoms with Crippen molar-refractivity contribution in [1.82, 2.24) is 34.5 Å². The van der Waals surface area contributed by atoms with Gasteiger partial charge in [0, 0.05) is 6.54 Å². The van der Waals surface area contributed by atoms with Crippen LogP contribution in [0.5, 0.6) is 0 Å². The van der Waals surface area contributed by atoms with Crippen LogP contribution in [0.1, 0.15) is 24.7 Å². The molecule has 1 atom stereocenters. The van der Waals surface area contributed by atoms with E-state index in [1.165, 1.54) is 15.3 Å². The third kappa shape index (κ3) is 2.77. The fourth-order valence-electron chi connectivity index (χ4n) is 3.63. The number of hydrogen-bond acceptors (Lipinski definition) is 6. The minimum absolute atomic E-state index is 0.212. The minimum atomic E-state index is -3.70. The molecule has 0 aliphatic carbocycles. The molecular weight excluding hydrogens is 378 g/mol. The summed E-state index contributed by atoms with van der Waals surface area (Å²) >= 11 is 0. The molecule has 5 rings (SSSR count). The molecule has 1 saturated heterocycles. The lowest BCUT2D eigenvalue weighted by atomic mass is 10.2. The zero-order valence-electron chi connectivity index (χ0n) is 14.8. The summed E-state index contributed by atoms with van der Waals surface area (Å²) < 4.78 is 29.7. The standard InChI is InChI=1S/C18H17N7O2S/c26-28(27,14-6-3-5-13(11-14)24-12-19-22-23-24)25-10-4-9-17(25)18-20-15-7-1-2-8-16(15)21-18/h1-3,5-8,11-12,17H,4,9-10H2,(H,20,21). The van der Waals surface area contributed by atoms with Crippen molar-refractivity contribution in [3.8, 4) is 5.69 Å². The molecule has 1 N–H and O–H groups in total. The first-order chi connectivity index (χ1) is 13.6. The largest absolute Gasteiger partial charge is 0.341 e. The summed E-state index contributed by atoms with van der Waals surface area (Å²) in [6.45, 7) is 0.457. The first-order valence-electron chi connectivity index (χ1n) is 8.93. The highest BCUT2D eigenvalue weighted by atomic mass is 32.2. The van der Waals surface area contributed by atoms with Crippen LogP contribution < -0.4 is 0 Å². The van der Waals surface area contributed by atoms with Crippen molar-refractivity contribution >= 4 is 21.1 Å². The van der Waals surface area contributed by atoms with Crippen LogP contribution in [0.4, 0.5) is 0 Å². The van der Waals surface area contributed by atoms with Gasteiger partial charge in [-0.25, -0.2) is 18.1 Å². The van der Waals surface area contributed by atoms with E-state index < -0.39 is 10.0 Å². The molecule has 1 aliphatic heterocycles. The number of sulfonamides is 1. The second-order valence-electron chi connectivity index (χ2n) is 6.66. The van der Waals surface area contributed by atoms with E-state index in [0.29, 0.717) is 18.1 Å². The van der Waals surface area contributed by atoms with Gasteiger partial charge in [-0.3, -0.25) is 0 Å². The maximum Gasteiger partial charge on any atom is 0.243 e. The lowest BCUT2D eigenvalue weighted by Crippen LogP contribution is -2.31. The Morgan fingerprint density at radius 2 is 2.00 bits per heavy atom. The number of H-pyrrole nitrogens is 1. The Balaban J connectivity index is 1.52. The van der Waals surface area contributed by atoms with Crippen molar-refractivity contribution in [2.45, 2.75) is 23.8 Å². The second kappa shape index (κ2) is 6.50. The molecule has 0 spiro atoms. The van der Waals surface area contributed by atoms with E-state index in [-0.39, 0.29) is 10.9 Å². The lowest BCUT2D eigenvalue weighted by molar-refractivity contribution is 0.385. The summed E-state index contributed by atoms with van der Waals surface area (Å²) in [7, 11) is -3.70. The number of aromatic nitrogens is 6. The SMILES string of the molecule is O=S(=O)(c1cccc(-n2cnnn2)c1)N1CCCC1c1nc2ccccc2[nH]1. The average Bonchev–Trinajstić information content (AvgIpc) is 3.48. The fourth-order valence-corrected chi connectivity index (χ4v) is 5.33. The molecular formula is C18H17N7O2S. The summed E-state index contributed by atoms with van der Waals surface area (Å²) in [5.74, 6) is 0.680. The summed E-state index contributed by atoms with van der Waals surface area (Å²) in [5.41, 5.74) is 2.33. The van der Waals surface area contributed by atoms with Crippen LogP contribution in [-0.4, -0.2) is 49.4 Å². The number of benzene rings is 2. The van der Waals surface area contributed by atoms with E-state index in [4.69, 9.17) is 0 Å². The molecule has 0 bridgehead atoms. The van der Waals surface area contributed by atoms with Crippen molar-refractivity contribution in [2.75, 3.05) is 6.54 Å². The van der Waals surface area contributed by atoms with Gasteiger partial charge in [-0.2, -0.15) is 4.31 Å². The van der Waals surface area contributed by atoms with Crippen molar-refractivity contribution in [3.63, 3.8) is 0 Å². The molecule has 0 saturated carbocycles. The molecule has 4 aromatic rings. The molecule has 28 heavy (non-hydrogen) atoms. The van der Waals surface area contributed by atoms with Gasteiger partial charge in [0.05, 0.1) is 27.7 Å². The molecule has 0 amide bonds. The Morgan fingerprint density at radius 1 is 1.11 bits per heavy atom.